The van der Waals surface area contributed by atoms with Crippen molar-refractivity contribution in [3.05, 3.63) is 29.8 Å². The third-order valence-corrected chi connectivity index (χ3v) is 3.53. The molecule has 1 amide bonds. The maximum Gasteiger partial charge on any atom is 0.249 e. The number of rotatable bonds is 7. The van der Waals surface area contributed by atoms with Crippen LogP contribution in [0.3, 0.4) is 0 Å². The second-order valence-corrected chi connectivity index (χ2v) is 6.55. The van der Waals surface area contributed by atoms with Crippen molar-refractivity contribution < 1.29 is 9.53 Å². The highest BCUT2D eigenvalue weighted by atomic mass is 35.5. The van der Waals surface area contributed by atoms with E-state index in [4.69, 9.17) is 4.74 Å². The number of H-pyrrole nitrogens is 1. The minimum absolute atomic E-state index is 0. The molecule has 0 unspecified atom stereocenters. The van der Waals surface area contributed by atoms with Crippen molar-refractivity contribution in [2.45, 2.75) is 26.2 Å². The van der Waals surface area contributed by atoms with Crippen LogP contribution in [0.25, 0.3) is 11.4 Å². The molecule has 0 aliphatic rings. The van der Waals surface area contributed by atoms with Gasteiger partial charge in [-0.25, -0.2) is 0 Å². The van der Waals surface area contributed by atoms with Crippen molar-refractivity contribution in [1.29, 1.82) is 0 Å². The highest BCUT2D eigenvalue weighted by molar-refractivity contribution is 5.90. The summed E-state index contributed by atoms with van der Waals surface area (Å²) < 4.78 is 4.90. The Hall–Kier alpha value is -1.96. The number of anilines is 1. The smallest absolute Gasteiger partial charge is 0.249 e. The molecule has 7 nitrogen and oxygen atoms in total. The molecule has 2 aromatic rings. The van der Waals surface area contributed by atoms with Gasteiger partial charge in [0.2, 0.25) is 11.9 Å². The van der Waals surface area contributed by atoms with Crippen molar-refractivity contribution in [1.82, 2.24) is 20.5 Å². The van der Waals surface area contributed by atoms with Gasteiger partial charge in [-0.3, -0.25) is 15.2 Å². The number of nitrogens with zero attached hydrogens (tertiary/aromatic N) is 2. The van der Waals surface area contributed by atoms with Crippen LogP contribution >= 0.6 is 12.4 Å². The number of aromatic nitrogens is 3. The molecule has 2 rings (SSSR count). The Morgan fingerprint density at radius 1 is 1.24 bits per heavy atom. The van der Waals surface area contributed by atoms with E-state index in [1.165, 1.54) is 5.56 Å². The number of amides is 1. The van der Waals surface area contributed by atoms with Crippen LogP contribution in [-0.4, -0.2) is 47.9 Å². The van der Waals surface area contributed by atoms with Gasteiger partial charge >= 0.3 is 0 Å². The summed E-state index contributed by atoms with van der Waals surface area (Å²) in [7, 11) is 1.62. The highest BCUT2D eigenvalue weighted by Gasteiger charge is 2.14. The highest BCUT2D eigenvalue weighted by Crippen LogP contribution is 2.24. The Balaban J connectivity index is 0.00000312. The van der Waals surface area contributed by atoms with Crippen molar-refractivity contribution in [2.75, 3.05) is 32.1 Å². The zero-order valence-corrected chi connectivity index (χ0v) is 15.9. The number of carbonyl (C=O) groups is 1. The van der Waals surface area contributed by atoms with Crippen LogP contribution in [0.1, 0.15) is 26.3 Å². The van der Waals surface area contributed by atoms with Crippen LogP contribution in [0.5, 0.6) is 0 Å². The normalized spacial score (nSPS) is 11.0. The summed E-state index contributed by atoms with van der Waals surface area (Å²) in [6.45, 7) is 7.87. The van der Waals surface area contributed by atoms with E-state index in [0.29, 0.717) is 19.0 Å². The van der Waals surface area contributed by atoms with E-state index in [2.05, 4.69) is 58.7 Å². The maximum absolute atomic E-state index is 11.8. The SMILES string of the molecule is COCCNCC(=O)Nc1n[nH]c(-c2ccc(C(C)(C)C)cc2)n1.Cl. The molecule has 0 radical (unpaired) electrons. The number of nitrogens with one attached hydrogen (secondary N) is 3. The zero-order valence-electron chi connectivity index (χ0n) is 15.0. The van der Waals surface area contributed by atoms with Crippen LogP contribution in [-0.2, 0) is 14.9 Å². The number of halogens is 1. The van der Waals surface area contributed by atoms with Gasteiger partial charge < -0.3 is 10.1 Å². The first kappa shape index (κ1) is 21.1. The van der Waals surface area contributed by atoms with E-state index in [-0.39, 0.29) is 36.2 Å². The van der Waals surface area contributed by atoms with E-state index >= 15 is 0 Å². The Morgan fingerprint density at radius 2 is 1.92 bits per heavy atom. The van der Waals surface area contributed by atoms with Gasteiger partial charge in [-0.05, 0) is 11.0 Å². The number of hydrogen-bond donors (Lipinski definition) is 3. The third kappa shape index (κ3) is 6.45. The first-order valence-electron chi connectivity index (χ1n) is 7.93. The Morgan fingerprint density at radius 3 is 2.52 bits per heavy atom. The van der Waals surface area contributed by atoms with E-state index in [1.807, 2.05) is 12.1 Å². The van der Waals surface area contributed by atoms with Crippen LogP contribution < -0.4 is 10.6 Å². The predicted octanol–water partition coefficient (Wildman–Crippen LogP) is 2.37. The summed E-state index contributed by atoms with van der Waals surface area (Å²) in [5.74, 6) is 0.696. The lowest BCUT2D eigenvalue weighted by molar-refractivity contribution is -0.115. The molecule has 25 heavy (non-hydrogen) atoms. The average molecular weight is 368 g/mol. The predicted molar refractivity (Wildman–Crippen MR) is 101 cm³/mol. The summed E-state index contributed by atoms with van der Waals surface area (Å²) in [4.78, 5) is 16.1. The fourth-order valence-corrected chi connectivity index (χ4v) is 2.12. The Kier molecular flexibility index (Phi) is 8.02. The van der Waals surface area contributed by atoms with Gasteiger partial charge in [0.05, 0.1) is 13.2 Å². The maximum atomic E-state index is 11.8. The number of hydrogen-bond acceptors (Lipinski definition) is 5. The van der Waals surface area contributed by atoms with E-state index in [9.17, 15) is 4.79 Å². The minimum Gasteiger partial charge on any atom is -0.383 e. The van der Waals surface area contributed by atoms with Crippen LogP contribution in [0, 0.1) is 0 Å². The summed E-state index contributed by atoms with van der Waals surface area (Å²) in [5, 5.41) is 12.5. The molecule has 1 aromatic heterocycles. The van der Waals surface area contributed by atoms with Gasteiger partial charge in [0.25, 0.3) is 0 Å². The second-order valence-electron chi connectivity index (χ2n) is 6.55. The quantitative estimate of drug-likeness (QED) is 0.653. The van der Waals surface area contributed by atoms with Gasteiger partial charge in [-0.15, -0.1) is 17.5 Å². The molecule has 0 saturated carbocycles. The lowest BCUT2D eigenvalue weighted by atomic mass is 9.87. The molecule has 0 fully saturated rings. The second kappa shape index (κ2) is 9.50. The van der Waals surface area contributed by atoms with E-state index in [1.54, 1.807) is 7.11 Å². The fraction of sp³-hybridized carbons (Fsp3) is 0.471. The van der Waals surface area contributed by atoms with Crippen LogP contribution in [0.2, 0.25) is 0 Å². The first-order valence-corrected chi connectivity index (χ1v) is 7.93. The monoisotopic (exact) mass is 367 g/mol. The molecule has 3 N–H and O–H groups in total. The number of carbonyl (C=O) groups excluding carboxylic acids is 1. The summed E-state index contributed by atoms with van der Waals surface area (Å²) >= 11 is 0. The van der Waals surface area contributed by atoms with Crippen LogP contribution in [0.15, 0.2) is 24.3 Å². The summed E-state index contributed by atoms with van der Waals surface area (Å²) in [5.41, 5.74) is 2.28. The number of ether oxygens (including phenoxy) is 1. The van der Waals surface area contributed by atoms with Gasteiger partial charge in [0, 0.05) is 19.2 Å². The molecule has 0 bridgehead atoms. The largest absolute Gasteiger partial charge is 0.383 e. The molecule has 0 spiro atoms. The average Bonchev–Trinajstić information content (AvgIpc) is 2.99. The molecule has 0 atom stereocenters. The fourth-order valence-electron chi connectivity index (χ4n) is 2.12. The summed E-state index contributed by atoms with van der Waals surface area (Å²) in [6.07, 6.45) is 0. The van der Waals surface area contributed by atoms with Gasteiger partial charge in [0.15, 0.2) is 5.82 Å². The molecule has 0 aliphatic heterocycles. The van der Waals surface area contributed by atoms with Crippen molar-refractivity contribution in [2.24, 2.45) is 0 Å². The van der Waals surface area contributed by atoms with Crippen molar-refractivity contribution >= 4 is 24.3 Å². The zero-order chi connectivity index (χ0) is 17.6. The molecular weight excluding hydrogens is 342 g/mol. The summed E-state index contributed by atoms with van der Waals surface area (Å²) in [6, 6.07) is 8.16. The van der Waals surface area contributed by atoms with Crippen molar-refractivity contribution in [3.8, 4) is 11.4 Å². The number of aromatic amines is 1. The standard InChI is InChI=1S/C17H25N5O2.ClH/c1-17(2,3)13-7-5-12(6-8-13)15-20-16(22-21-15)19-14(23)11-18-9-10-24-4;/h5-8,18H,9-11H2,1-4H3,(H2,19,20,21,22,23);1H. The van der Waals surface area contributed by atoms with Gasteiger partial charge in [-0.2, -0.15) is 4.98 Å². The van der Waals surface area contributed by atoms with Crippen LogP contribution in [0.4, 0.5) is 5.95 Å². The lowest BCUT2D eigenvalue weighted by Gasteiger charge is -2.18. The number of benzene rings is 1. The molecule has 0 saturated heterocycles. The minimum atomic E-state index is -0.195. The van der Waals surface area contributed by atoms with E-state index in [0.717, 1.165) is 5.56 Å². The third-order valence-electron chi connectivity index (χ3n) is 3.53. The first-order chi connectivity index (χ1) is 11.4. The van der Waals surface area contributed by atoms with E-state index < -0.39 is 0 Å². The lowest BCUT2D eigenvalue weighted by Crippen LogP contribution is -2.30. The van der Waals surface area contributed by atoms with Gasteiger partial charge in [-0.1, -0.05) is 45.0 Å². The molecular formula is C17H26ClN5O2. The van der Waals surface area contributed by atoms with Crippen molar-refractivity contribution in [3.63, 3.8) is 0 Å². The Bertz CT molecular complexity index is 664. The van der Waals surface area contributed by atoms with Gasteiger partial charge in [0.1, 0.15) is 0 Å². The Labute approximate surface area is 154 Å². The number of methoxy groups -OCH3 is 1. The molecule has 138 valence electrons. The molecule has 1 aromatic carbocycles. The molecule has 8 heteroatoms. The molecule has 1 heterocycles. The topological polar surface area (TPSA) is 91.9 Å². The molecule has 0 aliphatic carbocycles.